The maximum Gasteiger partial charge on any atom is 0.0639 e. The predicted octanol–water partition coefficient (Wildman–Crippen LogP) is 0.0879. The third-order valence-corrected chi connectivity index (χ3v) is 2.00. The van der Waals surface area contributed by atoms with Gasteiger partial charge in [0.25, 0.3) is 0 Å². The Labute approximate surface area is 68.0 Å². The highest BCUT2D eigenvalue weighted by Crippen LogP contribution is 2.06. The standard InChI is InChI=1S/C8H17NO2/c1-7-6-11-4-3-9(7)5-8(2)10/h7-8,10H,3-6H2,1-2H3/t7?,8-/m1/s1. The lowest BCUT2D eigenvalue weighted by molar-refractivity contribution is -0.0172. The van der Waals surface area contributed by atoms with Crippen LogP contribution in [0.4, 0.5) is 0 Å². The second-order valence-electron chi connectivity index (χ2n) is 3.27. The maximum absolute atomic E-state index is 9.14. The van der Waals surface area contributed by atoms with Gasteiger partial charge in [-0.2, -0.15) is 0 Å². The van der Waals surface area contributed by atoms with Crippen LogP contribution < -0.4 is 0 Å². The summed E-state index contributed by atoms with van der Waals surface area (Å²) < 4.78 is 5.27. The van der Waals surface area contributed by atoms with E-state index in [0.29, 0.717) is 6.04 Å². The zero-order chi connectivity index (χ0) is 8.27. The third kappa shape index (κ3) is 2.77. The SMILES string of the molecule is CC1COCCN1C[C@@H](C)O. The predicted molar refractivity (Wildman–Crippen MR) is 43.5 cm³/mol. The number of hydrogen-bond acceptors (Lipinski definition) is 3. The minimum absolute atomic E-state index is 0.226. The lowest BCUT2D eigenvalue weighted by Crippen LogP contribution is -2.46. The summed E-state index contributed by atoms with van der Waals surface area (Å²) in [5.74, 6) is 0. The molecular weight excluding hydrogens is 142 g/mol. The molecule has 0 bridgehead atoms. The molecule has 3 heteroatoms. The molecule has 1 unspecified atom stereocenters. The molecule has 1 fully saturated rings. The number of β-amino-alcohol motifs (C(OH)–C–C–N with tert-alkyl or cyclic N) is 1. The molecule has 1 saturated heterocycles. The molecule has 1 rings (SSSR count). The molecule has 0 aromatic rings. The van der Waals surface area contributed by atoms with E-state index in [2.05, 4.69) is 11.8 Å². The molecule has 0 radical (unpaired) electrons. The highest BCUT2D eigenvalue weighted by Gasteiger charge is 2.19. The number of morpholine rings is 1. The van der Waals surface area contributed by atoms with E-state index in [0.717, 1.165) is 26.3 Å². The molecule has 11 heavy (non-hydrogen) atoms. The van der Waals surface area contributed by atoms with Crippen molar-refractivity contribution in [2.75, 3.05) is 26.3 Å². The molecule has 0 aromatic carbocycles. The lowest BCUT2D eigenvalue weighted by Gasteiger charge is -2.33. The molecule has 1 aliphatic rings. The summed E-state index contributed by atoms with van der Waals surface area (Å²) in [6, 6.07) is 0.457. The second kappa shape index (κ2) is 4.04. The molecule has 1 aliphatic heterocycles. The van der Waals surface area contributed by atoms with E-state index in [1.54, 1.807) is 0 Å². The highest BCUT2D eigenvalue weighted by atomic mass is 16.5. The number of nitrogens with zero attached hydrogens (tertiary/aromatic N) is 1. The van der Waals surface area contributed by atoms with Gasteiger partial charge in [0, 0.05) is 19.1 Å². The Kier molecular flexibility index (Phi) is 3.30. The van der Waals surface area contributed by atoms with Gasteiger partial charge < -0.3 is 9.84 Å². The van der Waals surface area contributed by atoms with E-state index >= 15 is 0 Å². The summed E-state index contributed by atoms with van der Waals surface area (Å²) in [6.45, 7) is 7.27. The first-order valence-electron chi connectivity index (χ1n) is 4.20. The molecular formula is C8H17NO2. The quantitative estimate of drug-likeness (QED) is 0.619. The van der Waals surface area contributed by atoms with Crippen LogP contribution in [-0.4, -0.2) is 48.5 Å². The first-order valence-corrected chi connectivity index (χ1v) is 4.20. The smallest absolute Gasteiger partial charge is 0.0639 e. The molecule has 1 heterocycles. The summed E-state index contributed by atoms with van der Waals surface area (Å²) in [6.07, 6.45) is -0.226. The van der Waals surface area contributed by atoms with Crippen LogP contribution in [0, 0.1) is 0 Å². The number of aliphatic hydroxyl groups excluding tert-OH is 1. The zero-order valence-electron chi connectivity index (χ0n) is 7.29. The van der Waals surface area contributed by atoms with E-state index in [4.69, 9.17) is 9.84 Å². The summed E-state index contributed by atoms with van der Waals surface area (Å²) in [4.78, 5) is 2.26. The average molecular weight is 159 g/mol. The molecule has 0 aromatic heterocycles. The van der Waals surface area contributed by atoms with Crippen LogP contribution in [0.1, 0.15) is 13.8 Å². The molecule has 2 atom stereocenters. The van der Waals surface area contributed by atoms with E-state index in [1.165, 1.54) is 0 Å². The van der Waals surface area contributed by atoms with Crippen molar-refractivity contribution < 1.29 is 9.84 Å². The molecule has 66 valence electrons. The number of aliphatic hydroxyl groups is 1. The molecule has 0 spiro atoms. The monoisotopic (exact) mass is 159 g/mol. The Morgan fingerprint density at radius 2 is 2.45 bits per heavy atom. The van der Waals surface area contributed by atoms with Gasteiger partial charge in [0.15, 0.2) is 0 Å². The van der Waals surface area contributed by atoms with Crippen LogP contribution in [0.5, 0.6) is 0 Å². The fraction of sp³-hybridized carbons (Fsp3) is 1.00. The van der Waals surface area contributed by atoms with Crippen molar-refractivity contribution in [2.24, 2.45) is 0 Å². The maximum atomic E-state index is 9.14. The molecule has 0 saturated carbocycles. The highest BCUT2D eigenvalue weighted by molar-refractivity contribution is 4.72. The Bertz CT molecular complexity index is 117. The van der Waals surface area contributed by atoms with Gasteiger partial charge in [-0.25, -0.2) is 0 Å². The van der Waals surface area contributed by atoms with Crippen molar-refractivity contribution in [3.05, 3.63) is 0 Å². The topological polar surface area (TPSA) is 32.7 Å². The van der Waals surface area contributed by atoms with Crippen LogP contribution in [0.2, 0.25) is 0 Å². The molecule has 3 nitrogen and oxygen atoms in total. The van der Waals surface area contributed by atoms with Crippen LogP contribution in [0.3, 0.4) is 0 Å². The lowest BCUT2D eigenvalue weighted by atomic mass is 10.2. The fourth-order valence-electron chi connectivity index (χ4n) is 1.37. The first kappa shape index (κ1) is 8.97. The van der Waals surface area contributed by atoms with Crippen LogP contribution >= 0.6 is 0 Å². The minimum Gasteiger partial charge on any atom is -0.392 e. The summed E-state index contributed by atoms with van der Waals surface area (Å²) in [5.41, 5.74) is 0. The Hall–Kier alpha value is -0.120. The van der Waals surface area contributed by atoms with Crippen LogP contribution in [0.15, 0.2) is 0 Å². The average Bonchev–Trinajstić information content (AvgIpc) is 1.93. The van der Waals surface area contributed by atoms with Crippen molar-refractivity contribution in [1.82, 2.24) is 4.90 Å². The van der Waals surface area contributed by atoms with Crippen LogP contribution in [0.25, 0.3) is 0 Å². The van der Waals surface area contributed by atoms with Crippen molar-refractivity contribution in [3.8, 4) is 0 Å². The van der Waals surface area contributed by atoms with Crippen molar-refractivity contribution in [2.45, 2.75) is 26.0 Å². The Morgan fingerprint density at radius 1 is 1.73 bits per heavy atom. The van der Waals surface area contributed by atoms with Crippen LogP contribution in [-0.2, 0) is 4.74 Å². The van der Waals surface area contributed by atoms with Gasteiger partial charge in [-0.15, -0.1) is 0 Å². The minimum atomic E-state index is -0.226. The van der Waals surface area contributed by atoms with E-state index in [9.17, 15) is 0 Å². The number of ether oxygens (including phenoxy) is 1. The second-order valence-corrected chi connectivity index (χ2v) is 3.27. The normalized spacial score (nSPS) is 30.3. The van der Waals surface area contributed by atoms with Gasteiger partial charge in [0.05, 0.1) is 19.3 Å². The zero-order valence-corrected chi connectivity index (χ0v) is 7.29. The van der Waals surface area contributed by atoms with Crippen molar-refractivity contribution in [3.63, 3.8) is 0 Å². The van der Waals surface area contributed by atoms with E-state index < -0.39 is 0 Å². The summed E-state index contributed by atoms with van der Waals surface area (Å²) in [7, 11) is 0. The summed E-state index contributed by atoms with van der Waals surface area (Å²) >= 11 is 0. The molecule has 1 N–H and O–H groups in total. The van der Waals surface area contributed by atoms with E-state index in [1.807, 2.05) is 6.92 Å². The summed E-state index contributed by atoms with van der Waals surface area (Å²) in [5, 5.41) is 9.14. The van der Waals surface area contributed by atoms with E-state index in [-0.39, 0.29) is 6.10 Å². The third-order valence-electron chi connectivity index (χ3n) is 2.00. The molecule has 0 aliphatic carbocycles. The van der Waals surface area contributed by atoms with Gasteiger partial charge in [-0.1, -0.05) is 0 Å². The number of rotatable bonds is 2. The van der Waals surface area contributed by atoms with Gasteiger partial charge in [0.1, 0.15) is 0 Å². The van der Waals surface area contributed by atoms with Crippen molar-refractivity contribution in [1.29, 1.82) is 0 Å². The molecule has 0 amide bonds. The Balaban J connectivity index is 2.29. The van der Waals surface area contributed by atoms with Gasteiger partial charge >= 0.3 is 0 Å². The first-order chi connectivity index (χ1) is 5.20. The number of hydrogen-bond donors (Lipinski definition) is 1. The van der Waals surface area contributed by atoms with Crippen molar-refractivity contribution >= 4 is 0 Å². The Morgan fingerprint density at radius 3 is 3.00 bits per heavy atom. The van der Waals surface area contributed by atoms with Gasteiger partial charge in [-0.05, 0) is 13.8 Å². The van der Waals surface area contributed by atoms with Gasteiger partial charge in [0.2, 0.25) is 0 Å². The van der Waals surface area contributed by atoms with Gasteiger partial charge in [-0.3, -0.25) is 4.90 Å². The fourth-order valence-corrected chi connectivity index (χ4v) is 1.37. The largest absolute Gasteiger partial charge is 0.392 e.